The highest BCUT2D eigenvalue weighted by Gasteiger charge is 2.10. The fourth-order valence-electron chi connectivity index (χ4n) is 1.71. The minimum absolute atomic E-state index is 0.113. The molecule has 24 heavy (non-hydrogen) atoms. The van der Waals surface area contributed by atoms with Crippen LogP contribution in [0.1, 0.15) is 5.56 Å². The Balaban J connectivity index is 1.92. The van der Waals surface area contributed by atoms with E-state index >= 15 is 0 Å². The number of nitro groups is 1. The summed E-state index contributed by atoms with van der Waals surface area (Å²) in [5, 5.41) is 15.0. The van der Waals surface area contributed by atoms with Gasteiger partial charge in [0.15, 0.2) is 6.61 Å². The molecule has 1 amide bonds. The van der Waals surface area contributed by atoms with Crippen LogP contribution in [0.15, 0.2) is 47.6 Å². The molecule has 2 rings (SSSR count). The predicted octanol–water partition coefficient (Wildman–Crippen LogP) is 3.43. The lowest BCUT2D eigenvalue weighted by molar-refractivity contribution is -0.385. The van der Waals surface area contributed by atoms with Crippen molar-refractivity contribution < 1.29 is 14.5 Å². The molecule has 0 aliphatic rings. The highest BCUT2D eigenvalue weighted by Crippen LogP contribution is 2.31. The zero-order valence-corrected chi connectivity index (χ0v) is 13.6. The molecular formula is C15H11Cl2N3O4. The van der Waals surface area contributed by atoms with Crippen molar-refractivity contribution in [1.82, 2.24) is 5.43 Å². The lowest BCUT2D eigenvalue weighted by Crippen LogP contribution is -2.24. The Morgan fingerprint density at radius 2 is 2.00 bits per heavy atom. The molecule has 0 fully saturated rings. The maximum atomic E-state index is 11.7. The van der Waals surface area contributed by atoms with Gasteiger partial charge in [-0.05, 0) is 18.2 Å². The number of benzene rings is 2. The molecule has 9 heteroatoms. The second kappa shape index (κ2) is 8.28. The first-order valence-electron chi connectivity index (χ1n) is 6.61. The summed E-state index contributed by atoms with van der Waals surface area (Å²) in [7, 11) is 0. The minimum atomic E-state index is -0.555. The summed E-state index contributed by atoms with van der Waals surface area (Å²) in [6, 6.07) is 10.8. The normalized spacial score (nSPS) is 10.6. The molecule has 0 saturated heterocycles. The van der Waals surface area contributed by atoms with Crippen LogP contribution in [0.4, 0.5) is 5.69 Å². The summed E-state index contributed by atoms with van der Waals surface area (Å²) < 4.78 is 5.23. The summed E-state index contributed by atoms with van der Waals surface area (Å²) >= 11 is 11.8. The van der Waals surface area contributed by atoms with Gasteiger partial charge in [-0.1, -0.05) is 41.4 Å². The minimum Gasteiger partial charge on any atom is -0.482 e. The quantitative estimate of drug-likeness (QED) is 0.480. The number of nitrogens with zero attached hydrogens (tertiary/aromatic N) is 2. The number of rotatable bonds is 6. The predicted molar refractivity (Wildman–Crippen MR) is 90.8 cm³/mol. The molecule has 0 heterocycles. The summed E-state index contributed by atoms with van der Waals surface area (Å²) in [4.78, 5) is 22.0. The molecule has 0 saturated carbocycles. The Hall–Kier alpha value is -2.64. The van der Waals surface area contributed by atoms with E-state index in [-0.39, 0.29) is 28.6 Å². The van der Waals surface area contributed by atoms with Crippen molar-refractivity contribution >= 4 is 41.0 Å². The molecular weight excluding hydrogens is 357 g/mol. The molecule has 0 atom stereocenters. The Kier molecular flexibility index (Phi) is 6.11. The van der Waals surface area contributed by atoms with E-state index in [1.807, 2.05) is 0 Å². The van der Waals surface area contributed by atoms with Crippen molar-refractivity contribution in [3.8, 4) is 5.75 Å². The number of carbonyl (C=O) groups excluding carboxylic acids is 1. The smallest absolute Gasteiger partial charge is 0.278 e. The van der Waals surface area contributed by atoms with Gasteiger partial charge in [-0.15, -0.1) is 0 Å². The van der Waals surface area contributed by atoms with Crippen LogP contribution in [0.25, 0.3) is 0 Å². The number of halogens is 2. The summed E-state index contributed by atoms with van der Waals surface area (Å²) in [5.41, 5.74) is 2.36. The highest BCUT2D eigenvalue weighted by molar-refractivity contribution is 6.42. The summed E-state index contributed by atoms with van der Waals surface area (Å²) in [6.07, 6.45) is 1.18. The van der Waals surface area contributed by atoms with Crippen LogP contribution in [-0.4, -0.2) is 23.7 Å². The Morgan fingerprint density at radius 1 is 1.25 bits per heavy atom. The number of carbonyl (C=O) groups is 1. The van der Waals surface area contributed by atoms with Gasteiger partial charge in [0.25, 0.3) is 11.6 Å². The third kappa shape index (κ3) is 4.68. The molecule has 0 aliphatic carbocycles. The molecule has 0 aliphatic heterocycles. The van der Waals surface area contributed by atoms with Gasteiger partial charge in [-0.3, -0.25) is 14.9 Å². The molecule has 0 unspecified atom stereocenters. The fourth-order valence-corrected chi connectivity index (χ4v) is 2.05. The van der Waals surface area contributed by atoms with E-state index in [9.17, 15) is 14.9 Å². The van der Waals surface area contributed by atoms with E-state index in [0.717, 1.165) is 0 Å². The first-order valence-corrected chi connectivity index (χ1v) is 7.36. The fraction of sp³-hybridized carbons (Fsp3) is 0.0667. The van der Waals surface area contributed by atoms with Crippen molar-refractivity contribution in [2.45, 2.75) is 0 Å². The topological polar surface area (TPSA) is 93.8 Å². The SMILES string of the molecule is O=C(COc1cccc(Cl)c1Cl)N/N=C/c1ccccc1[N+](=O)[O-]. The van der Waals surface area contributed by atoms with E-state index < -0.39 is 10.8 Å². The molecule has 124 valence electrons. The van der Waals surface area contributed by atoms with E-state index in [1.165, 1.54) is 24.4 Å². The number of nitrogens with one attached hydrogen (secondary N) is 1. The van der Waals surface area contributed by atoms with Crippen molar-refractivity contribution in [2.24, 2.45) is 5.10 Å². The first-order chi connectivity index (χ1) is 11.5. The molecule has 2 aromatic rings. The second-order valence-corrected chi connectivity index (χ2v) is 5.23. The van der Waals surface area contributed by atoms with Gasteiger partial charge in [0.2, 0.25) is 0 Å². The number of nitro benzene ring substituents is 1. The molecule has 0 aromatic heterocycles. The van der Waals surface area contributed by atoms with Crippen molar-refractivity contribution in [2.75, 3.05) is 6.61 Å². The van der Waals surface area contributed by atoms with E-state index in [0.29, 0.717) is 5.02 Å². The molecule has 1 N–H and O–H groups in total. The van der Waals surface area contributed by atoms with E-state index in [4.69, 9.17) is 27.9 Å². The molecule has 0 bridgehead atoms. The van der Waals surface area contributed by atoms with Gasteiger partial charge in [0, 0.05) is 6.07 Å². The number of hydrazone groups is 1. The Bertz CT molecular complexity index is 796. The highest BCUT2D eigenvalue weighted by atomic mass is 35.5. The Labute approximate surface area is 147 Å². The molecule has 2 aromatic carbocycles. The van der Waals surface area contributed by atoms with Gasteiger partial charge in [-0.2, -0.15) is 5.10 Å². The van der Waals surface area contributed by atoms with Crippen LogP contribution in [-0.2, 0) is 4.79 Å². The van der Waals surface area contributed by atoms with E-state index in [1.54, 1.807) is 24.3 Å². The van der Waals surface area contributed by atoms with Crippen LogP contribution in [0.5, 0.6) is 5.75 Å². The lowest BCUT2D eigenvalue weighted by atomic mass is 10.2. The zero-order valence-electron chi connectivity index (χ0n) is 12.1. The maximum absolute atomic E-state index is 11.7. The lowest BCUT2D eigenvalue weighted by Gasteiger charge is -2.07. The van der Waals surface area contributed by atoms with Gasteiger partial charge >= 0.3 is 0 Å². The first kappa shape index (κ1) is 17.7. The molecule has 0 radical (unpaired) electrons. The number of hydrogen-bond donors (Lipinski definition) is 1. The molecule has 7 nitrogen and oxygen atoms in total. The number of ether oxygens (including phenoxy) is 1. The number of para-hydroxylation sites is 1. The monoisotopic (exact) mass is 367 g/mol. The van der Waals surface area contributed by atoms with Crippen molar-refractivity contribution in [3.05, 3.63) is 68.2 Å². The standard InChI is InChI=1S/C15H11Cl2N3O4/c16-11-5-3-7-13(15(11)17)24-9-14(21)19-18-8-10-4-1-2-6-12(10)20(22)23/h1-8H,9H2,(H,19,21)/b18-8+. The van der Waals surface area contributed by atoms with Crippen LogP contribution < -0.4 is 10.2 Å². The van der Waals surface area contributed by atoms with Crippen molar-refractivity contribution in [3.63, 3.8) is 0 Å². The molecule has 0 spiro atoms. The van der Waals surface area contributed by atoms with Crippen LogP contribution in [0, 0.1) is 10.1 Å². The van der Waals surface area contributed by atoms with Crippen molar-refractivity contribution in [1.29, 1.82) is 0 Å². The van der Waals surface area contributed by atoms with E-state index in [2.05, 4.69) is 10.5 Å². The van der Waals surface area contributed by atoms with Crippen LogP contribution >= 0.6 is 23.2 Å². The average molecular weight is 368 g/mol. The third-order valence-electron chi connectivity index (χ3n) is 2.80. The second-order valence-electron chi connectivity index (χ2n) is 4.45. The zero-order chi connectivity index (χ0) is 17.5. The number of amides is 1. The van der Waals surface area contributed by atoms with Gasteiger partial charge < -0.3 is 4.74 Å². The Morgan fingerprint density at radius 3 is 2.75 bits per heavy atom. The van der Waals surface area contributed by atoms with Gasteiger partial charge in [0.05, 0.1) is 21.7 Å². The largest absolute Gasteiger partial charge is 0.482 e. The van der Waals surface area contributed by atoms with Gasteiger partial charge in [-0.25, -0.2) is 5.43 Å². The van der Waals surface area contributed by atoms with Crippen LogP contribution in [0.3, 0.4) is 0 Å². The van der Waals surface area contributed by atoms with Gasteiger partial charge in [0.1, 0.15) is 10.8 Å². The average Bonchev–Trinajstić information content (AvgIpc) is 2.56. The summed E-state index contributed by atoms with van der Waals surface area (Å²) in [5.74, 6) is -0.289. The van der Waals surface area contributed by atoms with Crippen LogP contribution in [0.2, 0.25) is 10.0 Å². The summed E-state index contributed by atoms with van der Waals surface area (Å²) in [6.45, 7) is -0.339. The maximum Gasteiger partial charge on any atom is 0.278 e. The number of hydrogen-bond acceptors (Lipinski definition) is 5. The third-order valence-corrected chi connectivity index (χ3v) is 3.60.